The second-order valence-corrected chi connectivity index (χ2v) is 8.48. The first-order valence-corrected chi connectivity index (χ1v) is 11.4. The molecule has 0 N–H and O–H groups in total. The normalized spacial score (nSPS) is 11.1. The van der Waals surface area contributed by atoms with E-state index in [1.54, 1.807) is 12.1 Å². The van der Waals surface area contributed by atoms with Gasteiger partial charge >= 0.3 is 0 Å². The van der Waals surface area contributed by atoms with Crippen molar-refractivity contribution >= 4 is 11.8 Å². The number of nitrogens with zero attached hydrogens (tertiary/aromatic N) is 5. The van der Waals surface area contributed by atoms with Crippen LogP contribution >= 0.6 is 11.8 Å². The summed E-state index contributed by atoms with van der Waals surface area (Å²) in [5, 5.41) is 13.6. The number of aryl methyl sites for hydroxylation is 1. The summed E-state index contributed by atoms with van der Waals surface area (Å²) in [7, 11) is 0. The van der Waals surface area contributed by atoms with Crippen LogP contribution in [0.5, 0.6) is 0 Å². The molecule has 0 amide bonds. The van der Waals surface area contributed by atoms with Gasteiger partial charge in [-0.25, -0.2) is 4.39 Å². The van der Waals surface area contributed by atoms with Gasteiger partial charge in [0.15, 0.2) is 5.16 Å². The fraction of sp³-hybridized carbons (Fsp3) is 0.120. The number of benzene rings is 3. The molecular weight excluding hydrogens is 437 g/mol. The number of rotatable bonds is 7. The second kappa shape index (κ2) is 9.38. The first-order chi connectivity index (χ1) is 16.2. The van der Waals surface area contributed by atoms with Crippen LogP contribution in [0.3, 0.4) is 0 Å². The van der Waals surface area contributed by atoms with E-state index in [0.29, 0.717) is 29.0 Å². The standard InChI is InChI=1S/C25H20FN5OS/c1-17-7-9-19(10-8-17)24-27-23(32-30-24)16-33-25-29-28-22(15-18-5-3-2-4-6-18)31(25)21-13-11-20(26)12-14-21/h2-14H,15-16H2,1H3. The van der Waals surface area contributed by atoms with E-state index in [1.807, 2.05) is 66.1 Å². The first kappa shape index (κ1) is 21.1. The maximum Gasteiger partial charge on any atom is 0.237 e. The summed E-state index contributed by atoms with van der Waals surface area (Å²) in [5.41, 5.74) is 3.98. The molecule has 0 bridgehead atoms. The number of aromatic nitrogens is 5. The molecule has 8 heteroatoms. The van der Waals surface area contributed by atoms with Crippen molar-refractivity contribution < 1.29 is 8.91 Å². The minimum atomic E-state index is -0.292. The predicted octanol–water partition coefficient (Wildman–Crippen LogP) is 5.65. The average Bonchev–Trinajstić information content (AvgIpc) is 3.47. The third kappa shape index (κ3) is 4.85. The van der Waals surface area contributed by atoms with Crippen molar-refractivity contribution in [2.45, 2.75) is 24.3 Å². The zero-order valence-electron chi connectivity index (χ0n) is 17.9. The number of halogens is 1. The highest BCUT2D eigenvalue weighted by Gasteiger charge is 2.17. The first-order valence-electron chi connectivity index (χ1n) is 10.4. The van der Waals surface area contributed by atoms with E-state index in [9.17, 15) is 4.39 Å². The van der Waals surface area contributed by atoms with Crippen LogP contribution in [0.2, 0.25) is 0 Å². The Labute approximate surface area is 194 Å². The van der Waals surface area contributed by atoms with E-state index < -0.39 is 0 Å². The largest absolute Gasteiger partial charge is 0.338 e. The fourth-order valence-electron chi connectivity index (χ4n) is 3.40. The Bertz CT molecular complexity index is 1350. The summed E-state index contributed by atoms with van der Waals surface area (Å²) in [5.74, 6) is 1.95. The molecular formula is C25H20FN5OS. The smallest absolute Gasteiger partial charge is 0.237 e. The lowest BCUT2D eigenvalue weighted by atomic mass is 10.1. The highest BCUT2D eigenvalue weighted by Crippen LogP contribution is 2.27. The SMILES string of the molecule is Cc1ccc(-c2noc(CSc3nnc(Cc4ccccc4)n3-c3ccc(F)cc3)n2)cc1. The van der Waals surface area contributed by atoms with Crippen LogP contribution in [0, 0.1) is 12.7 Å². The molecule has 3 aromatic carbocycles. The Kier molecular flexibility index (Phi) is 5.99. The summed E-state index contributed by atoms with van der Waals surface area (Å²) in [4.78, 5) is 4.51. The van der Waals surface area contributed by atoms with Crippen molar-refractivity contribution in [3.05, 3.63) is 108 Å². The van der Waals surface area contributed by atoms with Crippen molar-refractivity contribution in [3.8, 4) is 17.1 Å². The molecule has 0 atom stereocenters. The molecule has 0 aliphatic heterocycles. The van der Waals surface area contributed by atoms with Gasteiger partial charge in [-0.3, -0.25) is 4.57 Å². The zero-order valence-corrected chi connectivity index (χ0v) is 18.7. The van der Waals surface area contributed by atoms with Gasteiger partial charge in [-0.15, -0.1) is 10.2 Å². The van der Waals surface area contributed by atoms with Gasteiger partial charge in [0.1, 0.15) is 11.6 Å². The van der Waals surface area contributed by atoms with E-state index in [0.717, 1.165) is 22.6 Å². The molecule has 0 saturated carbocycles. The van der Waals surface area contributed by atoms with Gasteiger partial charge < -0.3 is 4.52 Å². The molecule has 5 aromatic rings. The minimum absolute atomic E-state index is 0.292. The van der Waals surface area contributed by atoms with E-state index in [2.05, 4.69) is 20.3 Å². The molecule has 0 spiro atoms. The second-order valence-electron chi connectivity index (χ2n) is 7.54. The van der Waals surface area contributed by atoms with Crippen LogP contribution in [0.4, 0.5) is 4.39 Å². The van der Waals surface area contributed by atoms with Gasteiger partial charge in [-0.2, -0.15) is 4.98 Å². The maximum atomic E-state index is 13.5. The Balaban J connectivity index is 1.40. The molecule has 0 aliphatic carbocycles. The highest BCUT2D eigenvalue weighted by molar-refractivity contribution is 7.98. The molecule has 0 saturated heterocycles. The number of hydrogen-bond donors (Lipinski definition) is 0. The molecule has 164 valence electrons. The monoisotopic (exact) mass is 457 g/mol. The molecule has 0 unspecified atom stereocenters. The van der Waals surface area contributed by atoms with Gasteiger partial charge in [-0.05, 0) is 36.8 Å². The molecule has 6 nitrogen and oxygen atoms in total. The van der Waals surface area contributed by atoms with Crippen molar-refractivity contribution in [1.29, 1.82) is 0 Å². The van der Waals surface area contributed by atoms with Crippen LogP contribution in [-0.4, -0.2) is 24.9 Å². The Morgan fingerprint density at radius 1 is 0.909 bits per heavy atom. The van der Waals surface area contributed by atoms with E-state index >= 15 is 0 Å². The Hall–Kier alpha value is -3.78. The van der Waals surface area contributed by atoms with Crippen LogP contribution in [-0.2, 0) is 12.2 Å². The van der Waals surface area contributed by atoms with E-state index in [1.165, 1.54) is 29.5 Å². The predicted molar refractivity (Wildman–Crippen MR) is 125 cm³/mol. The molecule has 33 heavy (non-hydrogen) atoms. The lowest BCUT2D eigenvalue weighted by molar-refractivity contribution is 0.391. The van der Waals surface area contributed by atoms with E-state index in [4.69, 9.17) is 4.52 Å². The van der Waals surface area contributed by atoms with Gasteiger partial charge in [0.05, 0.1) is 5.75 Å². The summed E-state index contributed by atoms with van der Waals surface area (Å²) >= 11 is 1.44. The molecule has 2 heterocycles. The lowest BCUT2D eigenvalue weighted by Gasteiger charge is -2.10. The summed E-state index contributed by atoms with van der Waals surface area (Å²) < 4.78 is 20.9. The number of hydrogen-bond acceptors (Lipinski definition) is 6. The van der Waals surface area contributed by atoms with Crippen LogP contribution in [0.1, 0.15) is 22.8 Å². The average molecular weight is 458 g/mol. The lowest BCUT2D eigenvalue weighted by Crippen LogP contribution is -2.04. The third-order valence-corrected chi connectivity index (χ3v) is 6.01. The molecule has 0 radical (unpaired) electrons. The van der Waals surface area contributed by atoms with Crippen LogP contribution in [0.25, 0.3) is 17.1 Å². The van der Waals surface area contributed by atoms with Crippen molar-refractivity contribution in [2.24, 2.45) is 0 Å². The summed E-state index contributed by atoms with van der Waals surface area (Å²) in [6, 6.07) is 24.3. The molecule has 2 aromatic heterocycles. The molecule has 0 aliphatic rings. The van der Waals surface area contributed by atoms with Gasteiger partial charge in [0.25, 0.3) is 0 Å². The van der Waals surface area contributed by atoms with Gasteiger partial charge in [0, 0.05) is 17.7 Å². The Morgan fingerprint density at radius 2 is 1.67 bits per heavy atom. The van der Waals surface area contributed by atoms with E-state index in [-0.39, 0.29) is 5.82 Å². The Morgan fingerprint density at radius 3 is 2.42 bits per heavy atom. The van der Waals surface area contributed by atoms with Crippen molar-refractivity contribution in [2.75, 3.05) is 0 Å². The quantitative estimate of drug-likeness (QED) is 0.294. The van der Waals surface area contributed by atoms with Gasteiger partial charge in [0.2, 0.25) is 11.7 Å². The molecule has 5 rings (SSSR count). The molecule has 0 fully saturated rings. The topological polar surface area (TPSA) is 69.6 Å². The fourth-order valence-corrected chi connectivity index (χ4v) is 4.20. The minimum Gasteiger partial charge on any atom is -0.338 e. The van der Waals surface area contributed by atoms with Crippen LogP contribution in [0.15, 0.2) is 88.5 Å². The highest BCUT2D eigenvalue weighted by atomic mass is 32.2. The van der Waals surface area contributed by atoms with Crippen molar-refractivity contribution in [3.63, 3.8) is 0 Å². The summed E-state index contributed by atoms with van der Waals surface area (Å²) in [6.07, 6.45) is 0.601. The third-order valence-electron chi connectivity index (χ3n) is 5.09. The van der Waals surface area contributed by atoms with Crippen molar-refractivity contribution in [1.82, 2.24) is 24.9 Å². The maximum absolute atomic E-state index is 13.5. The zero-order chi connectivity index (χ0) is 22.6. The van der Waals surface area contributed by atoms with Gasteiger partial charge in [-0.1, -0.05) is 77.1 Å². The number of thioether (sulfide) groups is 1. The van der Waals surface area contributed by atoms with Crippen LogP contribution < -0.4 is 0 Å². The summed E-state index contributed by atoms with van der Waals surface area (Å²) in [6.45, 7) is 2.03.